The van der Waals surface area contributed by atoms with E-state index in [4.69, 9.17) is 14.3 Å². The lowest BCUT2D eigenvalue weighted by Crippen LogP contribution is -2.27. The highest BCUT2D eigenvalue weighted by molar-refractivity contribution is 7.89. The first kappa shape index (κ1) is 24.8. The molecule has 1 aromatic heterocycles. The van der Waals surface area contributed by atoms with Crippen molar-refractivity contribution in [2.75, 3.05) is 39.3 Å². The SMILES string of the molecule is COCCNS(=O)(=O)c1ccc(/C(=N\O[C@H](C)COC)C(=O)Nc2ncc(F)s2)cc1. The Morgan fingerprint density at radius 3 is 2.55 bits per heavy atom. The van der Waals surface area contributed by atoms with E-state index >= 15 is 0 Å². The lowest BCUT2D eigenvalue weighted by atomic mass is 10.1. The molecule has 31 heavy (non-hydrogen) atoms. The largest absolute Gasteiger partial charge is 0.390 e. The van der Waals surface area contributed by atoms with E-state index in [1.54, 1.807) is 6.92 Å². The first-order valence-electron chi connectivity index (χ1n) is 9.01. The van der Waals surface area contributed by atoms with Crippen LogP contribution in [0.2, 0.25) is 0 Å². The van der Waals surface area contributed by atoms with Crippen LogP contribution in [-0.2, 0) is 29.1 Å². The smallest absolute Gasteiger partial charge is 0.280 e. The molecule has 0 spiro atoms. The van der Waals surface area contributed by atoms with Gasteiger partial charge in [0.2, 0.25) is 10.0 Å². The monoisotopic (exact) mass is 474 g/mol. The number of nitrogens with one attached hydrogen (secondary N) is 2. The Balaban J connectivity index is 2.26. The van der Waals surface area contributed by atoms with Crippen LogP contribution in [0.3, 0.4) is 0 Å². The minimum absolute atomic E-state index is 0.00257. The minimum Gasteiger partial charge on any atom is -0.390 e. The number of hydrogen-bond donors (Lipinski definition) is 2. The summed E-state index contributed by atoms with van der Waals surface area (Å²) in [4.78, 5) is 21.7. The zero-order valence-corrected chi connectivity index (χ0v) is 18.8. The quantitative estimate of drug-likeness (QED) is 0.272. The lowest BCUT2D eigenvalue weighted by Gasteiger charge is -2.11. The summed E-state index contributed by atoms with van der Waals surface area (Å²) in [6.07, 6.45) is 0.527. The van der Waals surface area contributed by atoms with Crippen LogP contribution in [0.25, 0.3) is 0 Å². The van der Waals surface area contributed by atoms with Gasteiger partial charge in [-0.15, -0.1) is 0 Å². The highest BCUT2D eigenvalue weighted by Gasteiger charge is 2.20. The van der Waals surface area contributed by atoms with E-state index in [9.17, 15) is 17.6 Å². The second kappa shape index (κ2) is 11.8. The van der Waals surface area contributed by atoms with Gasteiger partial charge >= 0.3 is 0 Å². The number of amides is 1. The Hall–Kier alpha value is -2.45. The molecule has 1 atom stereocenters. The number of nitrogens with zero attached hydrogens (tertiary/aromatic N) is 2. The number of methoxy groups -OCH3 is 2. The number of benzene rings is 1. The third-order valence-electron chi connectivity index (χ3n) is 3.67. The van der Waals surface area contributed by atoms with Gasteiger partial charge in [0, 0.05) is 26.3 Å². The van der Waals surface area contributed by atoms with E-state index in [1.807, 2.05) is 0 Å². The number of carbonyl (C=O) groups excluding carboxylic acids is 1. The van der Waals surface area contributed by atoms with Gasteiger partial charge in [-0.1, -0.05) is 28.6 Å². The third-order valence-corrected chi connectivity index (χ3v) is 5.85. The first-order valence-corrected chi connectivity index (χ1v) is 11.3. The summed E-state index contributed by atoms with van der Waals surface area (Å²) >= 11 is 0.653. The standard InChI is InChI=1S/C18H23FN4O6S2/c1-12(11-28-3)29-23-16(17(24)22-18-20-10-15(19)30-18)13-4-6-14(7-5-13)31(25,26)21-8-9-27-2/h4-7,10,12,21H,8-9,11H2,1-3H3,(H,20,22,24)/b23-16+/t12-/m1/s1. The molecule has 170 valence electrons. The topological polar surface area (TPSA) is 128 Å². The average molecular weight is 475 g/mol. The molecular formula is C18H23FN4O6S2. The van der Waals surface area contributed by atoms with Gasteiger partial charge in [0.05, 0.1) is 24.3 Å². The third kappa shape index (κ3) is 7.63. The molecule has 0 aliphatic heterocycles. The van der Waals surface area contributed by atoms with Gasteiger partial charge in [-0.2, -0.15) is 4.39 Å². The van der Waals surface area contributed by atoms with Crippen LogP contribution in [0.5, 0.6) is 0 Å². The van der Waals surface area contributed by atoms with Gasteiger partial charge in [0.1, 0.15) is 6.10 Å². The number of rotatable bonds is 12. The summed E-state index contributed by atoms with van der Waals surface area (Å²) in [5.41, 5.74) is 0.143. The van der Waals surface area contributed by atoms with Gasteiger partial charge in [0.15, 0.2) is 16.0 Å². The van der Waals surface area contributed by atoms with Gasteiger partial charge in [-0.25, -0.2) is 18.1 Å². The van der Waals surface area contributed by atoms with Gasteiger partial charge in [-0.05, 0) is 19.1 Å². The number of ether oxygens (including phenoxy) is 2. The number of hydrogen-bond acceptors (Lipinski definition) is 9. The number of anilines is 1. The van der Waals surface area contributed by atoms with E-state index < -0.39 is 27.2 Å². The zero-order chi connectivity index (χ0) is 22.9. The predicted octanol–water partition coefficient (Wildman–Crippen LogP) is 1.60. The molecule has 0 aliphatic carbocycles. The second-order valence-electron chi connectivity index (χ2n) is 6.15. The Morgan fingerprint density at radius 1 is 1.26 bits per heavy atom. The molecule has 0 radical (unpaired) electrons. The fourth-order valence-corrected chi connectivity index (χ4v) is 3.81. The molecule has 1 heterocycles. The minimum atomic E-state index is -3.74. The summed E-state index contributed by atoms with van der Waals surface area (Å²) in [7, 11) is -0.785. The predicted molar refractivity (Wildman–Crippen MR) is 113 cm³/mol. The summed E-state index contributed by atoms with van der Waals surface area (Å²) in [5.74, 6) is -0.701. The van der Waals surface area contributed by atoms with E-state index in [-0.39, 0.29) is 41.1 Å². The highest BCUT2D eigenvalue weighted by atomic mass is 32.2. The van der Waals surface area contributed by atoms with Crippen molar-refractivity contribution in [1.29, 1.82) is 0 Å². The van der Waals surface area contributed by atoms with Crippen molar-refractivity contribution in [2.24, 2.45) is 5.16 Å². The van der Waals surface area contributed by atoms with Crippen LogP contribution in [0.4, 0.5) is 9.52 Å². The summed E-state index contributed by atoms with van der Waals surface area (Å²) in [5, 5.41) is 5.81. The fourth-order valence-electron chi connectivity index (χ4n) is 2.26. The van der Waals surface area contributed by atoms with Crippen molar-refractivity contribution >= 4 is 38.1 Å². The van der Waals surface area contributed by atoms with Crippen LogP contribution in [0.1, 0.15) is 12.5 Å². The summed E-state index contributed by atoms with van der Waals surface area (Å²) in [6, 6.07) is 5.48. The van der Waals surface area contributed by atoms with Crippen LogP contribution < -0.4 is 10.0 Å². The van der Waals surface area contributed by atoms with Gasteiger partial charge < -0.3 is 14.3 Å². The molecule has 2 aromatic rings. The lowest BCUT2D eigenvalue weighted by molar-refractivity contribution is -0.110. The van der Waals surface area contributed by atoms with Crippen molar-refractivity contribution < 1.29 is 31.9 Å². The molecule has 1 aromatic carbocycles. The number of aromatic nitrogens is 1. The number of carbonyl (C=O) groups is 1. The number of sulfonamides is 1. The van der Waals surface area contributed by atoms with E-state index in [0.717, 1.165) is 6.20 Å². The van der Waals surface area contributed by atoms with Crippen molar-refractivity contribution in [3.63, 3.8) is 0 Å². The van der Waals surface area contributed by atoms with Crippen LogP contribution in [0, 0.1) is 5.13 Å². The molecule has 0 saturated carbocycles. The molecule has 2 N–H and O–H groups in total. The molecule has 0 unspecified atom stereocenters. The molecule has 10 nitrogen and oxygen atoms in total. The Morgan fingerprint density at radius 2 is 1.97 bits per heavy atom. The average Bonchev–Trinajstić information content (AvgIpc) is 3.13. The Labute approximate surface area is 183 Å². The van der Waals surface area contributed by atoms with E-state index in [0.29, 0.717) is 11.3 Å². The summed E-state index contributed by atoms with van der Waals surface area (Å²) in [6.45, 7) is 2.27. The molecule has 0 aliphatic rings. The van der Waals surface area contributed by atoms with Crippen LogP contribution >= 0.6 is 11.3 Å². The van der Waals surface area contributed by atoms with E-state index in [2.05, 4.69) is 20.2 Å². The Kier molecular flexibility index (Phi) is 9.45. The molecular weight excluding hydrogens is 451 g/mol. The molecule has 1 amide bonds. The first-order chi connectivity index (χ1) is 14.8. The maximum absolute atomic E-state index is 13.2. The maximum Gasteiger partial charge on any atom is 0.280 e. The van der Waals surface area contributed by atoms with E-state index in [1.165, 1.54) is 38.5 Å². The Bertz CT molecular complexity index is 995. The van der Waals surface area contributed by atoms with Crippen molar-refractivity contribution in [1.82, 2.24) is 9.71 Å². The number of thiazole rings is 1. The normalized spacial score (nSPS) is 13.1. The summed E-state index contributed by atoms with van der Waals surface area (Å²) < 4.78 is 49.9. The highest BCUT2D eigenvalue weighted by Crippen LogP contribution is 2.17. The van der Waals surface area contributed by atoms with Crippen molar-refractivity contribution in [2.45, 2.75) is 17.9 Å². The van der Waals surface area contributed by atoms with Gasteiger partial charge in [0.25, 0.3) is 5.91 Å². The van der Waals surface area contributed by atoms with Crippen LogP contribution in [-0.4, -0.2) is 65.1 Å². The van der Waals surface area contributed by atoms with Gasteiger partial charge in [-0.3, -0.25) is 10.1 Å². The molecule has 0 fully saturated rings. The number of halogens is 1. The van der Waals surface area contributed by atoms with Crippen molar-refractivity contribution in [3.05, 3.63) is 41.2 Å². The molecule has 2 rings (SSSR count). The fraction of sp³-hybridized carbons (Fsp3) is 0.389. The number of oxime groups is 1. The second-order valence-corrected chi connectivity index (χ2v) is 8.90. The molecule has 13 heteroatoms. The zero-order valence-electron chi connectivity index (χ0n) is 17.1. The molecule has 0 bridgehead atoms. The van der Waals surface area contributed by atoms with Crippen LogP contribution in [0.15, 0.2) is 40.5 Å². The molecule has 0 saturated heterocycles. The maximum atomic E-state index is 13.2. The van der Waals surface area contributed by atoms with Crippen molar-refractivity contribution in [3.8, 4) is 0 Å².